The van der Waals surface area contributed by atoms with Gasteiger partial charge in [-0.2, -0.15) is 0 Å². The lowest BCUT2D eigenvalue weighted by Crippen LogP contribution is -2.54. The zero-order chi connectivity index (χ0) is 26.4. The van der Waals surface area contributed by atoms with Crippen molar-refractivity contribution in [1.82, 2.24) is 0 Å². The molecule has 0 saturated heterocycles. The molecule has 0 radical (unpaired) electrons. The molecule has 0 heterocycles. The molecule has 4 saturated carbocycles. The van der Waals surface area contributed by atoms with Crippen molar-refractivity contribution >= 4 is 6.08 Å². The minimum absolute atomic E-state index is 0.284. The molecule has 206 valence electrons. The van der Waals surface area contributed by atoms with Crippen LogP contribution in [0.15, 0.2) is 29.8 Å². The lowest BCUT2D eigenvalue weighted by molar-refractivity contribution is -0.117. The quantitative estimate of drug-likeness (QED) is 0.399. The molecule has 0 aromatic heterocycles. The highest BCUT2D eigenvalue weighted by Crippen LogP contribution is 2.68. The van der Waals surface area contributed by atoms with Gasteiger partial charge in [0.05, 0.1) is 13.2 Å². The number of ether oxygens (including phenoxy) is 1. The Morgan fingerprint density at radius 2 is 1.68 bits per heavy atom. The maximum Gasteiger partial charge on any atom is 0.118 e. The van der Waals surface area contributed by atoms with Gasteiger partial charge < -0.3 is 9.84 Å². The molecule has 0 aliphatic heterocycles. The molecular formula is C35H54O2. The normalized spacial score (nSPS) is 41.2. The molecule has 9 atom stereocenters. The van der Waals surface area contributed by atoms with E-state index in [0.717, 1.165) is 54.1 Å². The van der Waals surface area contributed by atoms with Crippen molar-refractivity contribution in [3.63, 3.8) is 0 Å². The number of hydrogen-bond donors (Lipinski definition) is 1. The predicted octanol–water partition coefficient (Wildman–Crippen LogP) is 9.17. The molecule has 2 heteroatoms. The van der Waals surface area contributed by atoms with Crippen LogP contribution in [-0.2, 0) is 0 Å². The van der Waals surface area contributed by atoms with Gasteiger partial charge in [-0.15, -0.1) is 0 Å². The van der Waals surface area contributed by atoms with Crippen molar-refractivity contribution in [3.05, 3.63) is 35.4 Å². The molecule has 4 aliphatic carbocycles. The van der Waals surface area contributed by atoms with Gasteiger partial charge in [0.1, 0.15) is 5.75 Å². The van der Waals surface area contributed by atoms with E-state index in [9.17, 15) is 5.11 Å². The maximum atomic E-state index is 11.2. The van der Waals surface area contributed by atoms with E-state index in [1.807, 2.05) is 12.1 Å². The molecule has 37 heavy (non-hydrogen) atoms. The molecule has 2 nitrogen and oxygen atoms in total. The summed E-state index contributed by atoms with van der Waals surface area (Å²) in [6, 6.07) is 8.32. The predicted molar refractivity (Wildman–Crippen MR) is 155 cm³/mol. The summed E-state index contributed by atoms with van der Waals surface area (Å²) in [6.45, 7) is 12.7. The average molecular weight is 507 g/mol. The van der Waals surface area contributed by atoms with E-state index in [4.69, 9.17) is 4.74 Å². The van der Waals surface area contributed by atoms with Crippen molar-refractivity contribution in [2.45, 2.75) is 111 Å². The number of fused-ring (bicyclic) bond motifs is 5. The van der Waals surface area contributed by atoms with Crippen molar-refractivity contribution in [2.24, 2.45) is 52.3 Å². The average Bonchev–Trinajstić information content (AvgIpc) is 3.22. The van der Waals surface area contributed by atoms with Crippen LogP contribution in [0, 0.1) is 52.3 Å². The van der Waals surface area contributed by atoms with Gasteiger partial charge in [0.15, 0.2) is 0 Å². The Morgan fingerprint density at radius 1 is 0.946 bits per heavy atom. The van der Waals surface area contributed by atoms with E-state index in [1.54, 1.807) is 7.11 Å². The highest BCUT2D eigenvalue weighted by Gasteiger charge is 2.60. The van der Waals surface area contributed by atoms with E-state index in [-0.39, 0.29) is 6.10 Å². The second-order valence-electron chi connectivity index (χ2n) is 14.6. The summed E-state index contributed by atoms with van der Waals surface area (Å²) in [5, 5.41) is 11.2. The monoisotopic (exact) mass is 506 g/mol. The Balaban J connectivity index is 1.33. The first-order valence-electron chi connectivity index (χ1n) is 15.7. The molecule has 1 aromatic carbocycles. The molecule has 0 unspecified atom stereocenters. The summed E-state index contributed by atoms with van der Waals surface area (Å²) < 4.78 is 5.35. The Labute approximate surface area is 227 Å². The molecule has 0 spiro atoms. The molecule has 4 fully saturated rings. The number of aliphatic hydroxyl groups is 1. The Bertz CT molecular complexity index is 947. The zero-order valence-corrected chi connectivity index (χ0v) is 24.6. The number of hydrogen-bond acceptors (Lipinski definition) is 2. The fourth-order valence-corrected chi connectivity index (χ4v) is 10.3. The smallest absolute Gasteiger partial charge is 0.118 e. The van der Waals surface area contributed by atoms with Gasteiger partial charge in [0.2, 0.25) is 0 Å². The summed E-state index contributed by atoms with van der Waals surface area (Å²) in [7, 11) is 1.72. The van der Waals surface area contributed by atoms with Crippen molar-refractivity contribution in [2.75, 3.05) is 7.11 Å². The SMILES string of the molecule is COc1ccc(/C=C2/C[C@@]3(C)[C@@H](CC[C@H]4[C@H]5CC[C@H]([C@H](C)CCCC(C)C)[C@]5(C)CC[C@H]43)C[C@@H]2O)cc1. The highest BCUT2D eigenvalue weighted by atomic mass is 16.5. The van der Waals surface area contributed by atoms with E-state index in [2.05, 4.69) is 52.8 Å². The van der Waals surface area contributed by atoms with Gasteiger partial charge >= 0.3 is 0 Å². The van der Waals surface area contributed by atoms with Crippen LogP contribution in [0.1, 0.15) is 111 Å². The molecule has 1 N–H and O–H groups in total. The van der Waals surface area contributed by atoms with Crippen molar-refractivity contribution in [1.29, 1.82) is 0 Å². The Morgan fingerprint density at radius 3 is 2.38 bits per heavy atom. The van der Waals surface area contributed by atoms with Crippen LogP contribution in [0.4, 0.5) is 0 Å². The topological polar surface area (TPSA) is 29.5 Å². The lowest BCUT2D eigenvalue weighted by Gasteiger charge is -2.61. The maximum absolute atomic E-state index is 11.2. The third kappa shape index (κ3) is 5.06. The molecule has 5 rings (SSSR count). The fraction of sp³-hybridized carbons (Fsp3) is 0.771. The van der Waals surface area contributed by atoms with E-state index in [0.29, 0.717) is 16.7 Å². The fourth-order valence-electron chi connectivity index (χ4n) is 10.3. The van der Waals surface area contributed by atoms with Crippen LogP contribution in [0.3, 0.4) is 0 Å². The van der Waals surface area contributed by atoms with E-state index >= 15 is 0 Å². The van der Waals surface area contributed by atoms with Gasteiger partial charge in [0.25, 0.3) is 0 Å². The van der Waals surface area contributed by atoms with Gasteiger partial charge in [-0.05, 0) is 127 Å². The minimum atomic E-state index is -0.284. The first-order valence-corrected chi connectivity index (χ1v) is 15.7. The lowest BCUT2D eigenvalue weighted by atomic mass is 9.44. The Hall–Kier alpha value is -1.28. The Kier molecular flexibility index (Phi) is 7.90. The minimum Gasteiger partial charge on any atom is -0.497 e. The molecule has 0 bridgehead atoms. The van der Waals surface area contributed by atoms with E-state index in [1.165, 1.54) is 68.9 Å². The third-order valence-corrected chi connectivity index (χ3v) is 12.3. The molecule has 4 aliphatic rings. The second kappa shape index (κ2) is 10.7. The van der Waals surface area contributed by atoms with E-state index < -0.39 is 0 Å². The third-order valence-electron chi connectivity index (χ3n) is 12.3. The van der Waals surface area contributed by atoms with Crippen LogP contribution in [0.25, 0.3) is 6.08 Å². The molecule has 1 aromatic rings. The van der Waals surface area contributed by atoms with Gasteiger partial charge in [-0.1, -0.05) is 72.1 Å². The zero-order valence-electron chi connectivity index (χ0n) is 24.6. The number of methoxy groups -OCH3 is 1. The number of aliphatic hydroxyl groups excluding tert-OH is 1. The molecular weight excluding hydrogens is 452 g/mol. The summed E-state index contributed by atoms with van der Waals surface area (Å²) in [5.74, 6) is 6.84. The van der Waals surface area contributed by atoms with Crippen molar-refractivity contribution < 1.29 is 9.84 Å². The van der Waals surface area contributed by atoms with Crippen LogP contribution in [0.2, 0.25) is 0 Å². The first-order chi connectivity index (χ1) is 17.7. The van der Waals surface area contributed by atoms with Gasteiger partial charge in [-0.25, -0.2) is 0 Å². The van der Waals surface area contributed by atoms with Crippen LogP contribution in [-0.4, -0.2) is 18.3 Å². The number of benzene rings is 1. The van der Waals surface area contributed by atoms with Crippen LogP contribution < -0.4 is 4.74 Å². The van der Waals surface area contributed by atoms with Crippen LogP contribution >= 0.6 is 0 Å². The second-order valence-corrected chi connectivity index (χ2v) is 14.6. The summed E-state index contributed by atoms with van der Waals surface area (Å²) in [6.07, 6.45) is 16.8. The summed E-state index contributed by atoms with van der Waals surface area (Å²) in [5.41, 5.74) is 3.34. The summed E-state index contributed by atoms with van der Waals surface area (Å²) >= 11 is 0. The summed E-state index contributed by atoms with van der Waals surface area (Å²) in [4.78, 5) is 0. The van der Waals surface area contributed by atoms with Crippen LogP contribution in [0.5, 0.6) is 5.75 Å². The largest absolute Gasteiger partial charge is 0.497 e. The standard InChI is InChI=1S/C35H54O2/c1-23(2)8-7-9-24(3)30-16-17-31-29-15-12-27-21-33(36)26(20-25-10-13-28(37-6)14-11-25)22-35(27,5)32(29)18-19-34(30,31)4/h10-11,13-14,20,23-24,27,29-33,36H,7-9,12,15-19,21-22H2,1-6H3/b26-20-/t24-,27+,29+,30-,31-,32-,33+,34+,35+/m1/s1. The van der Waals surface area contributed by atoms with Crippen molar-refractivity contribution in [3.8, 4) is 5.75 Å². The van der Waals surface area contributed by atoms with Gasteiger partial charge in [-0.3, -0.25) is 0 Å². The highest BCUT2D eigenvalue weighted by molar-refractivity contribution is 5.55. The first kappa shape index (κ1) is 27.3. The molecule has 0 amide bonds. The number of rotatable bonds is 7. The van der Waals surface area contributed by atoms with Gasteiger partial charge in [0, 0.05) is 0 Å².